The van der Waals surface area contributed by atoms with Gasteiger partial charge in [0.05, 0.1) is 17.0 Å². The van der Waals surface area contributed by atoms with Gasteiger partial charge in [0.1, 0.15) is 6.04 Å². The maximum atomic E-state index is 12.1. The third-order valence-electron chi connectivity index (χ3n) is 5.26. The third kappa shape index (κ3) is 7.84. The summed E-state index contributed by atoms with van der Waals surface area (Å²) in [5, 5.41) is 22.4. The van der Waals surface area contributed by atoms with Crippen molar-refractivity contribution < 1.29 is 19.8 Å². The molecule has 0 heterocycles. The smallest absolute Gasteiger partial charge is 0.323 e. The average molecular weight is 443 g/mol. The van der Waals surface area contributed by atoms with Gasteiger partial charge in [-0.3, -0.25) is 19.9 Å². The second-order valence-electron chi connectivity index (χ2n) is 8.93. The number of rotatable bonds is 11. The fourth-order valence-electron chi connectivity index (χ4n) is 3.30. The van der Waals surface area contributed by atoms with Crippen LogP contribution in [0.2, 0.25) is 0 Å². The van der Waals surface area contributed by atoms with E-state index in [1.165, 1.54) is 13.8 Å². The van der Waals surface area contributed by atoms with Gasteiger partial charge in [0, 0.05) is 13.0 Å². The van der Waals surface area contributed by atoms with Gasteiger partial charge in [-0.2, -0.15) is 0 Å². The summed E-state index contributed by atoms with van der Waals surface area (Å²) in [4.78, 5) is 28.5. The van der Waals surface area contributed by atoms with Crippen LogP contribution in [-0.2, 0) is 16.1 Å². The number of aliphatic imine (C=N–C) groups is 1. The lowest BCUT2D eigenvalue weighted by Gasteiger charge is -2.26. The number of aliphatic hydroxyl groups is 1. The van der Waals surface area contributed by atoms with Crippen LogP contribution in [0.25, 0.3) is 0 Å². The first-order chi connectivity index (χ1) is 14.8. The molecule has 1 aromatic rings. The number of Topliss-reactive ketones (excluding diaryl/α,β-unsaturated/α-hetero) is 1. The zero-order valence-corrected chi connectivity index (χ0v) is 20.6. The number of allylic oxidation sites excluding steroid dienone is 4. The highest BCUT2D eigenvalue weighted by molar-refractivity contribution is 6.07. The summed E-state index contributed by atoms with van der Waals surface area (Å²) in [7, 11) is 0. The standard InChI is InChI=1S/C26H38N2O4/c1-9-20(13-18(6)22(29)10-2)23(16(3)4)28-21-14-19(12-11-17(21)5)15-27-24(25(30)31)26(7,8)32/h9,11-14,16,24,27,32H,10,15H2,1-8H3,(H,30,31)/b18-13-,20-9+,28-23?. The molecule has 0 aliphatic heterocycles. The van der Waals surface area contributed by atoms with Gasteiger partial charge >= 0.3 is 5.97 Å². The summed E-state index contributed by atoms with van der Waals surface area (Å²) in [5.41, 5.74) is 3.74. The molecule has 1 unspecified atom stereocenters. The molecule has 1 aromatic carbocycles. The second-order valence-corrected chi connectivity index (χ2v) is 8.93. The van der Waals surface area contributed by atoms with Crippen LogP contribution >= 0.6 is 0 Å². The molecule has 0 spiro atoms. The Balaban J connectivity index is 3.32. The zero-order chi connectivity index (χ0) is 24.6. The monoisotopic (exact) mass is 442 g/mol. The molecule has 0 fully saturated rings. The van der Waals surface area contributed by atoms with E-state index in [1.807, 2.05) is 58.0 Å². The Morgan fingerprint density at radius 3 is 2.34 bits per heavy atom. The summed E-state index contributed by atoms with van der Waals surface area (Å²) < 4.78 is 0. The van der Waals surface area contributed by atoms with Gasteiger partial charge in [-0.25, -0.2) is 0 Å². The summed E-state index contributed by atoms with van der Waals surface area (Å²) in [6.07, 6.45) is 4.32. The molecule has 0 radical (unpaired) electrons. The molecule has 6 heteroatoms. The van der Waals surface area contributed by atoms with Crippen molar-refractivity contribution in [1.29, 1.82) is 0 Å². The lowest BCUT2D eigenvalue weighted by molar-refractivity contribution is -0.145. The molecular formula is C26H38N2O4. The topological polar surface area (TPSA) is 99.0 Å². The van der Waals surface area contributed by atoms with E-state index in [9.17, 15) is 19.8 Å². The van der Waals surface area contributed by atoms with Crippen LogP contribution in [-0.4, -0.2) is 39.3 Å². The molecule has 32 heavy (non-hydrogen) atoms. The van der Waals surface area contributed by atoms with Crippen molar-refractivity contribution in [3.8, 4) is 0 Å². The molecule has 1 rings (SSSR count). The molecule has 0 aromatic heterocycles. The number of carbonyl (C=O) groups excluding carboxylic acids is 1. The molecule has 0 saturated heterocycles. The van der Waals surface area contributed by atoms with Crippen LogP contribution in [0.4, 0.5) is 5.69 Å². The number of ketones is 1. The summed E-state index contributed by atoms with van der Waals surface area (Å²) >= 11 is 0. The van der Waals surface area contributed by atoms with Gasteiger partial charge in [-0.1, -0.05) is 39.0 Å². The third-order valence-corrected chi connectivity index (χ3v) is 5.26. The Morgan fingerprint density at radius 1 is 1.25 bits per heavy atom. The molecule has 3 N–H and O–H groups in total. The van der Waals surface area contributed by atoms with Crippen molar-refractivity contribution in [2.45, 2.75) is 80.0 Å². The molecule has 1 atom stereocenters. The van der Waals surface area contributed by atoms with E-state index >= 15 is 0 Å². The van der Waals surface area contributed by atoms with Crippen molar-refractivity contribution in [1.82, 2.24) is 5.32 Å². The van der Waals surface area contributed by atoms with E-state index < -0.39 is 17.6 Å². The number of hydrogen-bond acceptors (Lipinski definition) is 5. The highest BCUT2D eigenvalue weighted by Gasteiger charge is 2.32. The van der Waals surface area contributed by atoms with Gasteiger partial charge in [-0.15, -0.1) is 0 Å². The van der Waals surface area contributed by atoms with E-state index in [2.05, 4.69) is 19.2 Å². The van der Waals surface area contributed by atoms with Gasteiger partial charge in [0.2, 0.25) is 0 Å². The zero-order valence-electron chi connectivity index (χ0n) is 20.6. The number of nitrogens with zero attached hydrogens (tertiary/aromatic N) is 1. The first-order valence-electron chi connectivity index (χ1n) is 11.1. The van der Waals surface area contributed by atoms with E-state index in [4.69, 9.17) is 4.99 Å². The lowest BCUT2D eigenvalue weighted by Crippen LogP contribution is -2.51. The molecule has 0 aliphatic carbocycles. The Labute approximate surface area is 192 Å². The first kappa shape index (κ1) is 27.5. The highest BCUT2D eigenvalue weighted by Crippen LogP contribution is 2.25. The lowest BCUT2D eigenvalue weighted by atomic mass is 9.96. The predicted octanol–water partition coefficient (Wildman–Crippen LogP) is 4.91. The van der Waals surface area contributed by atoms with Gasteiger partial charge in [0.15, 0.2) is 5.78 Å². The molecule has 176 valence electrons. The second kappa shape index (κ2) is 11.9. The fourth-order valence-corrected chi connectivity index (χ4v) is 3.30. The normalized spacial score (nSPS) is 14.6. The molecular weight excluding hydrogens is 404 g/mol. The molecule has 0 amide bonds. The number of hydrogen-bond donors (Lipinski definition) is 3. The number of carboxylic acid groups (broad SMARTS) is 1. The van der Waals surface area contributed by atoms with Crippen molar-refractivity contribution in [2.75, 3.05) is 0 Å². The minimum Gasteiger partial charge on any atom is -0.480 e. The minimum absolute atomic E-state index is 0.108. The van der Waals surface area contributed by atoms with Crippen molar-refractivity contribution >= 4 is 23.2 Å². The summed E-state index contributed by atoms with van der Waals surface area (Å²) in [6.45, 7) is 14.9. The van der Waals surface area contributed by atoms with Crippen molar-refractivity contribution in [2.24, 2.45) is 10.9 Å². The van der Waals surface area contributed by atoms with Crippen LogP contribution in [0.3, 0.4) is 0 Å². The van der Waals surface area contributed by atoms with Gasteiger partial charge < -0.3 is 10.2 Å². The van der Waals surface area contributed by atoms with Crippen LogP contribution in [0, 0.1) is 12.8 Å². The number of benzene rings is 1. The molecule has 0 saturated carbocycles. The Kier molecular flexibility index (Phi) is 10.2. The Bertz CT molecular complexity index is 918. The number of carboxylic acids is 1. The van der Waals surface area contributed by atoms with Crippen LogP contribution in [0.1, 0.15) is 66.0 Å². The van der Waals surface area contributed by atoms with E-state index in [-0.39, 0.29) is 18.2 Å². The number of aryl methyl sites for hydroxylation is 1. The van der Waals surface area contributed by atoms with E-state index in [0.29, 0.717) is 12.0 Å². The first-order valence-corrected chi connectivity index (χ1v) is 11.1. The fraction of sp³-hybridized carbons (Fsp3) is 0.500. The summed E-state index contributed by atoms with van der Waals surface area (Å²) in [6, 6.07) is 4.70. The van der Waals surface area contributed by atoms with Gasteiger partial charge in [0.25, 0.3) is 0 Å². The maximum Gasteiger partial charge on any atom is 0.323 e. The predicted molar refractivity (Wildman–Crippen MR) is 130 cm³/mol. The SMILES string of the molecule is C/C=C(\C=C(\C)C(=O)CC)C(=Nc1cc(CNC(C(=O)O)C(C)(C)O)ccc1C)C(C)C. The molecule has 0 bridgehead atoms. The van der Waals surface area contributed by atoms with Crippen molar-refractivity contribution in [3.05, 3.63) is 52.6 Å². The quantitative estimate of drug-likeness (QED) is 0.257. The highest BCUT2D eigenvalue weighted by atomic mass is 16.4. The number of nitrogens with one attached hydrogen (secondary N) is 1. The van der Waals surface area contributed by atoms with Gasteiger partial charge in [-0.05, 0) is 75.0 Å². The molecule has 0 aliphatic rings. The van der Waals surface area contributed by atoms with Crippen LogP contribution < -0.4 is 5.32 Å². The van der Waals surface area contributed by atoms with Crippen molar-refractivity contribution in [3.63, 3.8) is 0 Å². The summed E-state index contributed by atoms with van der Waals surface area (Å²) in [5.74, 6) is -0.863. The number of carbonyl (C=O) groups is 2. The molecule has 6 nitrogen and oxygen atoms in total. The maximum absolute atomic E-state index is 12.1. The minimum atomic E-state index is -1.40. The van der Waals surface area contributed by atoms with Crippen LogP contribution in [0.5, 0.6) is 0 Å². The van der Waals surface area contributed by atoms with Crippen LogP contribution in [0.15, 0.2) is 46.5 Å². The Morgan fingerprint density at radius 2 is 1.88 bits per heavy atom. The largest absolute Gasteiger partial charge is 0.480 e. The number of aliphatic carboxylic acids is 1. The Hall–Kier alpha value is -2.57. The van der Waals surface area contributed by atoms with E-state index in [1.54, 1.807) is 0 Å². The average Bonchev–Trinajstić information content (AvgIpc) is 2.70. The van der Waals surface area contributed by atoms with E-state index in [0.717, 1.165) is 28.1 Å².